The molecule has 0 fully saturated rings. The summed E-state index contributed by atoms with van der Waals surface area (Å²) >= 11 is 0. The molecular weight excluding hydrogens is 292 g/mol. The molecule has 0 heterocycles. The molecule has 0 aliphatic rings. The Labute approximate surface area is 134 Å². The molecule has 3 heteroatoms. The van der Waals surface area contributed by atoms with Crippen molar-refractivity contribution in [3.8, 4) is 0 Å². The van der Waals surface area contributed by atoms with Gasteiger partial charge in [-0.3, -0.25) is 4.99 Å². The van der Waals surface area contributed by atoms with E-state index in [4.69, 9.17) is 0 Å². The van der Waals surface area contributed by atoms with Crippen LogP contribution in [0.25, 0.3) is 0 Å². The first kappa shape index (κ1) is 15.1. The molecule has 1 nitrogen and oxygen atoms in total. The standard InChI is InChI=1S/C20H15F2N/c21-18-11-15(12-19(22)13-18)14-23-20(16-7-3-1-4-8-16)17-9-5-2-6-10-17/h1-13H,14H2. The Bertz CT molecular complexity index is 750. The second-order valence-corrected chi connectivity index (χ2v) is 5.17. The number of halogens is 2. The van der Waals surface area contributed by atoms with Crippen LogP contribution in [0, 0.1) is 11.6 Å². The molecule has 0 aliphatic carbocycles. The second-order valence-electron chi connectivity index (χ2n) is 5.17. The molecule has 0 saturated carbocycles. The number of aliphatic imine (C=N–C) groups is 1. The van der Waals surface area contributed by atoms with Crippen LogP contribution >= 0.6 is 0 Å². The van der Waals surface area contributed by atoms with Gasteiger partial charge in [-0.2, -0.15) is 0 Å². The third kappa shape index (κ3) is 3.89. The van der Waals surface area contributed by atoms with Gasteiger partial charge < -0.3 is 0 Å². The summed E-state index contributed by atoms with van der Waals surface area (Å²) in [7, 11) is 0. The fraction of sp³-hybridized carbons (Fsp3) is 0.0500. The molecule has 0 unspecified atom stereocenters. The zero-order valence-corrected chi connectivity index (χ0v) is 12.4. The minimum absolute atomic E-state index is 0.216. The molecular formula is C20H15F2N. The minimum atomic E-state index is -0.587. The van der Waals surface area contributed by atoms with E-state index in [0.717, 1.165) is 22.9 Å². The zero-order valence-electron chi connectivity index (χ0n) is 12.4. The summed E-state index contributed by atoms with van der Waals surface area (Å²) in [4.78, 5) is 4.60. The van der Waals surface area contributed by atoms with E-state index in [1.54, 1.807) is 0 Å². The fourth-order valence-electron chi connectivity index (χ4n) is 2.41. The normalized spacial score (nSPS) is 10.3. The molecule has 3 aromatic carbocycles. The largest absolute Gasteiger partial charge is 0.279 e. The number of nitrogens with zero attached hydrogens (tertiary/aromatic N) is 1. The van der Waals surface area contributed by atoms with Crippen molar-refractivity contribution in [2.75, 3.05) is 0 Å². The number of hydrogen-bond donors (Lipinski definition) is 0. The summed E-state index contributed by atoms with van der Waals surface area (Å²) in [5.74, 6) is -1.17. The quantitative estimate of drug-likeness (QED) is 0.601. The number of hydrogen-bond acceptors (Lipinski definition) is 1. The second kappa shape index (κ2) is 6.97. The first-order valence-electron chi connectivity index (χ1n) is 7.32. The smallest absolute Gasteiger partial charge is 0.126 e. The summed E-state index contributed by atoms with van der Waals surface area (Å²) in [5.41, 5.74) is 3.24. The molecule has 3 rings (SSSR count). The van der Waals surface area contributed by atoms with E-state index < -0.39 is 11.6 Å². The van der Waals surface area contributed by atoms with Crippen molar-refractivity contribution in [2.24, 2.45) is 4.99 Å². The molecule has 0 amide bonds. The van der Waals surface area contributed by atoms with Gasteiger partial charge in [0.1, 0.15) is 11.6 Å². The highest BCUT2D eigenvalue weighted by molar-refractivity contribution is 6.12. The lowest BCUT2D eigenvalue weighted by Gasteiger charge is -2.08. The highest BCUT2D eigenvalue weighted by Crippen LogP contribution is 2.14. The van der Waals surface area contributed by atoms with Crippen LogP contribution in [0.3, 0.4) is 0 Å². The van der Waals surface area contributed by atoms with E-state index in [9.17, 15) is 8.78 Å². The van der Waals surface area contributed by atoms with E-state index in [-0.39, 0.29) is 6.54 Å². The maximum absolute atomic E-state index is 13.3. The van der Waals surface area contributed by atoms with Crippen LogP contribution in [0.15, 0.2) is 83.9 Å². The molecule has 0 atom stereocenters. The van der Waals surface area contributed by atoms with Crippen LogP contribution in [0.5, 0.6) is 0 Å². The van der Waals surface area contributed by atoms with Gasteiger partial charge in [-0.25, -0.2) is 8.78 Å². The minimum Gasteiger partial charge on any atom is -0.279 e. The highest BCUT2D eigenvalue weighted by atomic mass is 19.1. The molecule has 0 bridgehead atoms. The van der Waals surface area contributed by atoms with Gasteiger partial charge in [-0.15, -0.1) is 0 Å². The summed E-state index contributed by atoms with van der Waals surface area (Å²) in [6.45, 7) is 0.216. The van der Waals surface area contributed by atoms with E-state index in [0.29, 0.717) is 5.56 Å². The van der Waals surface area contributed by atoms with Gasteiger partial charge in [0, 0.05) is 17.2 Å². The Kier molecular flexibility index (Phi) is 4.57. The molecule has 0 aliphatic heterocycles. The monoisotopic (exact) mass is 307 g/mol. The van der Waals surface area contributed by atoms with Crippen molar-refractivity contribution in [2.45, 2.75) is 6.54 Å². The molecule has 3 aromatic rings. The van der Waals surface area contributed by atoms with Crippen molar-refractivity contribution in [1.29, 1.82) is 0 Å². The van der Waals surface area contributed by atoms with Crippen LogP contribution in [-0.2, 0) is 6.54 Å². The molecule has 0 aromatic heterocycles. The molecule has 0 radical (unpaired) electrons. The molecule has 0 saturated heterocycles. The first-order chi connectivity index (χ1) is 11.2. The maximum atomic E-state index is 13.3. The Morgan fingerprint density at radius 2 is 1.17 bits per heavy atom. The van der Waals surface area contributed by atoms with Gasteiger partial charge in [0.15, 0.2) is 0 Å². The van der Waals surface area contributed by atoms with E-state index in [1.165, 1.54) is 12.1 Å². The lowest BCUT2D eigenvalue weighted by atomic mass is 10.0. The molecule has 23 heavy (non-hydrogen) atoms. The number of benzene rings is 3. The average Bonchev–Trinajstić information content (AvgIpc) is 2.56. The van der Waals surface area contributed by atoms with Crippen LogP contribution in [0.1, 0.15) is 16.7 Å². The van der Waals surface area contributed by atoms with Crippen molar-refractivity contribution >= 4 is 5.71 Å². The van der Waals surface area contributed by atoms with Crippen LogP contribution in [0.2, 0.25) is 0 Å². The van der Waals surface area contributed by atoms with Gasteiger partial charge in [0.2, 0.25) is 0 Å². The van der Waals surface area contributed by atoms with Crippen LogP contribution in [-0.4, -0.2) is 5.71 Å². The molecule has 114 valence electrons. The maximum Gasteiger partial charge on any atom is 0.126 e. The highest BCUT2D eigenvalue weighted by Gasteiger charge is 2.07. The van der Waals surface area contributed by atoms with Gasteiger partial charge in [0.05, 0.1) is 12.3 Å². The third-order valence-electron chi connectivity index (χ3n) is 3.44. The first-order valence-corrected chi connectivity index (χ1v) is 7.32. The van der Waals surface area contributed by atoms with Crippen molar-refractivity contribution in [3.63, 3.8) is 0 Å². The fourth-order valence-corrected chi connectivity index (χ4v) is 2.41. The van der Waals surface area contributed by atoms with Crippen LogP contribution in [0.4, 0.5) is 8.78 Å². The van der Waals surface area contributed by atoms with Crippen LogP contribution < -0.4 is 0 Å². The van der Waals surface area contributed by atoms with Crippen molar-refractivity contribution in [1.82, 2.24) is 0 Å². The van der Waals surface area contributed by atoms with Crippen molar-refractivity contribution in [3.05, 3.63) is 107 Å². The topological polar surface area (TPSA) is 12.4 Å². The lowest BCUT2D eigenvalue weighted by Crippen LogP contribution is -2.04. The SMILES string of the molecule is Fc1cc(F)cc(CN=C(c2ccccc2)c2ccccc2)c1. The predicted molar refractivity (Wildman–Crippen MR) is 88.6 cm³/mol. The predicted octanol–water partition coefficient (Wildman–Crippen LogP) is 5.00. The molecule has 0 spiro atoms. The van der Waals surface area contributed by atoms with E-state index in [1.807, 2.05) is 60.7 Å². The van der Waals surface area contributed by atoms with Gasteiger partial charge in [-0.1, -0.05) is 60.7 Å². The van der Waals surface area contributed by atoms with Crippen molar-refractivity contribution < 1.29 is 8.78 Å². The Hall–Kier alpha value is -2.81. The van der Waals surface area contributed by atoms with Gasteiger partial charge in [0.25, 0.3) is 0 Å². The summed E-state index contributed by atoms with van der Waals surface area (Å²) in [6.07, 6.45) is 0. The number of rotatable bonds is 4. The summed E-state index contributed by atoms with van der Waals surface area (Å²) < 4.78 is 26.6. The summed E-state index contributed by atoms with van der Waals surface area (Å²) in [5, 5.41) is 0. The Balaban J connectivity index is 1.98. The zero-order chi connectivity index (χ0) is 16.1. The Morgan fingerprint density at radius 1 is 0.696 bits per heavy atom. The van der Waals surface area contributed by atoms with Gasteiger partial charge >= 0.3 is 0 Å². The van der Waals surface area contributed by atoms with E-state index in [2.05, 4.69) is 4.99 Å². The lowest BCUT2D eigenvalue weighted by molar-refractivity contribution is 0.580. The Morgan fingerprint density at radius 3 is 1.65 bits per heavy atom. The van der Waals surface area contributed by atoms with E-state index >= 15 is 0 Å². The third-order valence-corrected chi connectivity index (χ3v) is 3.44. The molecule has 0 N–H and O–H groups in total. The van der Waals surface area contributed by atoms with Gasteiger partial charge in [-0.05, 0) is 17.7 Å². The summed E-state index contributed by atoms with van der Waals surface area (Å²) in [6, 6.07) is 23.0. The average molecular weight is 307 g/mol.